The lowest BCUT2D eigenvalue weighted by Crippen LogP contribution is -2.37. The molecule has 0 amide bonds. The van der Waals surface area contributed by atoms with Crippen LogP contribution in [0.15, 0.2) is 28.7 Å². The van der Waals surface area contributed by atoms with Gasteiger partial charge in [0, 0.05) is 23.7 Å². The van der Waals surface area contributed by atoms with E-state index in [4.69, 9.17) is 4.74 Å². The summed E-state index contributed by atoms with van der Waals surface area (Å²) in [6.07, 6.45) is 0.984. The zero-order valence-corrected chi connectivity index (χ0v) is 13.5. The molecule has 0 radical (unpaired) electrons. The van der Waals surface area contributed by atoms with Gasteiger partial charge >= 0.3 is 0 Å². The minimum absolute atomic E-state index is 0.0833. The van der Waals surface area contributed by atoms with E-state index in [1.165, 1.54) is 5.56 Å². The third-order valence-corrected chi connectivity index (χ3v) is 3.98. The molecule has 3 heteroatoms. The van der Waals surface area contributed by atoms with E-state index in [1.54, 1.807) is 7.11 Å². The number of rotatable bonds is 6. The van der Waals surface area contributed by atoms with E-state index in [1.807, 2.05) is 6.07 Å². The van der Waals surface area contributed by atoms with E-state index in [0.717, 1.165) is 10.9 Å². The molecule has 0 spiro atoms. The summed E-state index contributed by atoms with van der Waals surface area (Å²) in [5.74, 6) is 0. The predicted molar refractivity (Wildman–Crippen MR) is 80.9 cm³/mol. The van der Waals surface area contributed by atoms with Crippen LogP contribution in [0.5, 0.6) is 0 Å². The van der Waals surface area contributed by atoms with Gasteiger partial charge in [0.05, 0.1) is 5.60 Å². The molecular weight excluding hydrogens is 290 g/mol. The third kappa shape index (κ3) is 4.71. The minimum Gasteiger partial charge on any atom is -0.379 e. The molecule has 1 aromatic rings. The Morgan fingerprint density at radius 2 is 1.89 bits per heavy atom. The van der Waals surface area contributed by atoms with Crippen molar-refractivity contribution < 1.29 is 4.74 Å². The standard InChI is InChI=1S/C15H24BrNO/c1-11(10-15(3,4)18-5)17-12(2)13-8-6-7-9-14(13)16/h6-9,11-12,17H,10H2,1-5H3/t11?,12-/m1/s1. The molecule has 0 aliphatic heterocycles. The van der Waals surface area contributed by atoms with Crippen molar-refractivity contribution in [2.45, 2.75) is 51.8 Å². The molecule has 2 nitrogen and oxygen atoms in total. The third-order valence-electron chi connectivity index (χ3n) is 3.26. The molecule has 0 aromatic heterocycles. The molecule has 0 fully saturated rings. The Morgan fingerprint density at radius 3 is 2.44 bits per heavy atom. The Balaban J connectivity index is 2.60. The van der Waals surface area contributed by atoms with E-state index in [9.17, 15) is 0 Å². The number of halogens is 1. The molecule has 2 atom stereocenters. The van der Waals surface area contributed by atoms with Gasteiger partial charge in [-0.25, -0.2) is 0 Å². The van der Waals surface area contributed by atoms with Gasteiger partial charge in [-0.3, -0.25) is 0 Å². The molecule has 1 unspecified atom stereocenters. The van der Waals surface area contributed by atoms with Crippen LogP contribution in [0.25, 0.3) is 0 Å². The summed E-state index contributed by atoms with van der Waals surface area (Å²) in [6.45, 7) is 8.63. The van der Waals surface area contributed by atoms with Crippen molar-refractivity contribution in [1.29, 1.82) is 0 Å². The fourth-order valence-electron chi connectivity index (χ4n) is 2.22. The lowest BCUT2D eigenvalue weighted by Gasteiger charge is -2.29. The minimum atomic E-state index is -0.0833. The number of hydrogen-bond acceptors (Lipinski definition) is 2. The fraction of sp³-hybridized carbons (Fsp3) is 0.600. The number of nitrogens with one attached hydrogen (secondary N) is 1. The average molecular weight is 314 g/mol. The van der Waals surface area contributed by atoms with Crippen LogP contribution in [0.1, 0.15) is 45.7 Å². The van der Waals surface area contributed by atoms with E-state index in [0.29, 0.717) is 12.1 Å². The predicted octanol–water partition coefficient (Wildman–Crippen LogP) is 4.30. The van der Waals surface area contributed by atoms with Crippen LogP contribution in [-0.2, 0) is 4.74 Å². The zero-order valence-electron chi connectivity index (χ0n) is 12.0. The molecule has 0 aliphatic rings. The summed E-state index contributed by atoms with van der Waals surface area (Å²) in [6, 6.07) is 9.07. The first-order valence-corrected chi connectivity index (χ1v) is 7.20. The fourth-order valence-corrected chi connectivity index (χ4v) is 2.85. The monoisotopic (exact) mass is 313 g/mol. The molecule has 1 N–H and O–H groups in total. The first kappa shape index (κ1) is 15.7. The normalized spacial score (nSPS) is 15.4. The topological polar surface area (TPSA) is 21.3 Å². The summed E-state index contributed by atoms with van der Waals surface area (Å²) in [7, 11) is 1.77. The number of methoxy groups -OCH3 is 1. The molecule has 0 saturated heterocycles. The highest BCUT2D eigenvalue weighted by Crippen LogP contribution is 2.24. The second kappa shape index (κ2) is 6.69. The molecule has 0 saturated carbocycles. The SMILES string of the molecule is COC(C)(C)CC(C)N[C@H](C)c1ccccc1Br. The largest absolute Gasteiger partial charge is 0.379 e. The summed E-state index contributed by atoms with van der Waals surface area (Å²) >= 11 is 3.60. The van der Waals surface area contributed by atoms with Gasteiger partial charge in [0.25, 0.3) is 0 Å². The van der Waals surface area contributed by atoms with E-state index in [-0.39, 0.29) is 5.60 Å². The van der Waals surface area contributed by atoms with Gasteiger partial charge in [-0.05, 0) is 45.7 Å². The van der Waals surface area contributed by atoms with Crippen molar-refractivity contribution in [2.24, 2.45) is 0 Å². The van der Waals surface area contributed by atoms with Gasteiger partial charge in [0.2, 0.25) is 0 Å². The van der Waals surface area contributed by atoms with Crippen LogP contribution in [0.2, 0.25) is 0 Å². The highest BCUT2D eigenvalue weighted by Gasteiger charge is 2.21. The van der Waals surface area contributed by atoms with Crippen molar-refractivity contribution in [3.63, 3.8) is 0 Å². The molecule has 1 rings (SSSR count). The molecule has 18 heavy (non-hydrogen) atoms. The molecule has 0 heterocycles. The lowest BCUT2D eigenvalue weighted by atomic mass is 9.98. The van der Waals surface area contributed by atoms with Crippen molar-refractivity contribution in [2.75, 3.05) is 7.11 Å². The van der Waals surface area contributed by atoms with E-state index >= 15 is 0 Å². The van der Waals surface area contributed by atoms with Crippen LogP contribution < -0.4 is 5.32 Å². The molecule has 102 valence electrons. The van der Waals surface area contributed by atoms with Crippen LogP contribution in [0, 0.1) is 0 Å². The number of benzene rings is 1. The van der Waals surface area contributed by atoms with Crippen molar-refractivity contribution >= 4 is 15.9 Å². The molecular formula is C15H24BrNO. The van der Waals surface area contributed by atoms with E-state index < -0.39 is 0 Å². The zero-order chi connectivity index (χ0) is 13.8. The first-order valence-electron chi connectivity index (χ1n) is 6.41. The Bertz CT molecular complexity index is 379. The summed E-state index contributed by atoms with van der Waals surface area (Å²) in [5, 5.41) is 3.62. The summed E-state index contributed by atoms with van der Waals surface area (Å²) < 4.78 is 6.63. The quantitative estimate of drug-likeness (QED) is 0.845. The summed E-state index contributed by atoms with van der Waals surface area (Å²) in [4.78, 5) is 0. The molecule has 1 aromatic carbocycles. The first-order chi connectivity index (χ1) is 8.35. The van der Waals surface area contributed by atoms with Crippen molar-refractivity contribution in [3.05, 3.63) is 34.3 Å². The molecule has 0 aliphatic carbocycles. The maximum absolute atomic E-state index is 5.47. The average Bonchev–Trinajstić information content (AvgIpc) is 2.28. The molecule has 0 bridgehead atoms. The van der Waals surface area contributed by atoms with Crippen LogP contribution in [0.3, 0.4) is 0 Å². The summed E-state index contributed by atoms with van der Waals surface area (Å²) in [5.41, 5.74) is 1.21. The Hall–Kier alpha value is -0.380. The highest BCUT2D eigenvalue weighted by atomic mass is 79.9. The van der Waals surface area contributed by atoms with Gasteiger partial charge in [0.15, 0.2) is 0 Å². The van der Waals surface area contributed by atoms with E-state index in [2.05, 4.69) is 67.1 Å². The second-order valence-corrected chi connectivity index (χ2v) is 6.33. The Labute approximate surface area is 119 Å². The van der Waals surface area contributed by atoms with Crippen LogP contribution >= 0.6 is 15.9 Å². The van der Waals surface area contributed by atoms with Gasteiger partial charge in [-0.2, -0.15) is 0 Å². The van der Waals surface area contributed by atoms with Crippen molar-refractivity contribution in [1.82, 2.24) is 5.32 Å². The van der Waals surface area contributed by atoms with Gasteiger partial charge in [0.1, 0.15) is 0 Å². The van der Waals surface area contributed by atoms with Crippen molar-refractivity contribution in [3.8, 4) is 0 Å². The second-order valence-electron chi connectivity index (χ2n) is 5.48. The van der Waals surface area contributed by atoms with Crippen LogP contribution in [-0.4, -0.2) is 18.8 Å². The van der Waals surface area contributed by atoms with Gasteiger partial charge in [-0.15, -0.1) is 0 Å². The van der Waals surface area contributed by atoms with Gasteiger partial charge < -0.3 is 10.1 Å². The lowest BCUT2D eigenvalue weighted by molar-refractivity contribution is 0.00782. The number of ether oxygens (including phenoxy) is 1. The van der Waals surface area contributed by atoms with Gasteiger partial charge in [-0.1, -0.05) is 34.1 Å². The van der Waals surface area contributed by atoms with Crippen LogP contribution in [0.4, 0.5) is 0 Å². The highest BCUT2D eigenvalue weighted by molar-refractivity contribution is 9.10. The number of hydrogen-bond donors (Lipinski definition) is 1. The maximum atomic E-state index is 5.47. The Kier molecular flexibility index (Phi) is 5.83. The smallest absolute Gasteiger partial charge is 0.0637 e. The Morgan fingerprint density at radius 1 is 1.28 bits per heavy atom. The maximum Gasteiger partial charge on any atom is 0.0637 e.